The summed E-state index contributed by atoms with van der Waals surface area (Å²) in [5.74, 6) is -1.20. The summed E-state index contributed by atoms with van der Waals surface area (Å²) >= 11 is 7.05. The number of halogens is 1. The molecule has 2 aromatic rings. The third-order valence-corrected chi connectivity index (χ3v) is 5.37. The lowest BCUT2D eigenvalue weighted by atomic mass is 10.1. The Morgan fingerprint density at radius 2 is 2.03 bits per heavy atom. The van der Waals surface area contributed by atoms with E-state index in [4.69, 9.17) is 26.2 Å². The van der Waals surface area contributed by atoms with Crippen molar-refractivity contribution in [1.29, 1.82) is 0 Å². The third kappa shape index (κ3) is 4.95. The van der Waals surface area contributed by atoms with E-state index in [-0.39, 0.29) is 9.93 Å². The first-order valence-electron chi connectivity index (χ1n) is 8.81. The van der Waals surface area contributed by atoms with Gasteiger partial charge < -0.3 is 14.6 Å². The Hall–Kier alpha value is -2.97. The van der Waals surface area contributed by atoms with Crippen molar-refractivity contribution in [1.82, 2.24) is 4.90 Å². The van der Waals surface area contributed by atoms with Crippen LogP contribution >= 0.6 is 23.4 Å². The standard InChI is InChI=1S/C21H18ClNO6S/c1-12-4-3-5-13(6-12)11-29-19-15(22)7-14(8-16(19)28-2)9-17-20(26)23(10-18(24)25)21(27)30-17/h3-9H,10-11H2,1-2H3,(H,24,25)/b17-9+. The van der Waals surface area contributed by atoms with Gasteiger partial charge in [-0.1, -0.05) is 41.4 Å². The summed E-state index contributed by atoms with van der Waals surface area (Å²) in [5, 5.41) is 8.49. The summed E-state index contributed by atoms with van der Waals surface area (Å²) in [6.07, 6.45) is 1.46. The number of hydrogen-bond acceptors (Lipinski definition) is 6. The monoisotopic (exact) mass is 447 g/mol. The molecule has 7 nitrogen and oxygen atoms in total. The van der Waals surface area contributed by atoms with Crippen LogP contribution in [-0.4, -0.2) is 40.8 Å². The van der Waals surface area contributed by atoms with Gasteiger partial charge in [0.1, 0.15) is 13.2 Å². The number of imide groups is 1. The molecule has 1 heterocycles. The number of carbonyl (C=O) groups excluding carboxylic acids is 2. The van der Waals surface area contributed by atoms with Gasteiger partial charge in [-0.3, -0.25) is 19.3 Å². The van der Waals surface area contributed by atoms with Gasteiger partial charge >= 0.3 is 5.97 Å². The first-order chi connectivity index (χ1) is 14.3. The first-order valence-corrected chi connectivity index (χ1v) is 10.0. The number of aryl methyl sites for hydroxylation is 1. The Morgan fingerprint density at radius 1 is 1.27 bits per heavy atom. The minimum Gasteiger partial charge on any atom is -0.493 e. The second kappa shape index (κ2) is 9.23. The van der Waals surface area contributed by atoms with E-state index in [2.05, 4.69) is 0 Å². The predicted octanol–water partition coefficient (Wildman–Crippen LogP) is 4.36. The number of ether oxygens (including phenoxy) is 2. The summed E-state index contributed by atoms with van der Waals surface area (Å²) in [6.45, 7) is 1.60. The molecule has 0 radical (unpaired) electrons. The number of carboxylic acid groups (broad SMARTS) is 1. The van der Waals surface area contributed by atoms with Crippen molar-refractivity contribution in [3.8, 4) is 11.5 Å². The lowest BCUT2D eigenvalue weighted by molar-refractivity contribution is -0.140. The molecule has 9 heteroatoms. The number of carboxylic acids is 1. The SMILES string of the molecule is COc1cc(/C=C2/SC(=O)N(CC(=O)O)C2=O)cc(Cl)c1OCc1cccc(C)c1. The second-order valence-electron chi connectivity index (χ2n) is 6.47. The maximum Gasteiger partial charge on any atom is 0.323 e. The summed E-state index contributed by atoms with van der Waals surface area (Å²) < 4.78 is 11.2. The number of nitrogens with zero attached hydrogens (tertiary/aromatic N) is 1. The van der Waals surface area contributed by atoms with Crippen LogP contribution in [0.3, 0.4) is 0 Å². The van der Waals surface area contributed by atoms with Crippen LogP contribution in [0.4, 0.5) is 4.79 Å². The number of hydrogen-bond donors (Lipinski definition) is 1. The number of thioether (sulfide) groups is 1. The number of amides is 2. The van der Waals surface area contributed by atoms with E-state index >= 15 is 0 Å². The minimum atomic E-state index is -1.27. The van der Waals surface area contributed by atoms with Crippen molar-refractivity contribution in [3.63, 3.8) is 0 Å². The molecule has 0 atom stereocenters. The highest BCUT2D eigenvalue weighted by Crippen LogP contribution is 2.39. The van der Waals surface area contributed by atoms with Gasteiger partial charge in [-0.2, -0.15) is 0 Å². The molecule has 156 valence electrons. The Balaban J connectivity index is 1.83. The fraction of sp³-hybridized carbons (Fsp3) is 0.190. The Labute approximate surface area is 182 Å². The lowest BCUT2D eigenvalue weighted by Gasteiger charge is -2.14. The topological polar surface area (TPSA) is 93.1 Å². The van der Waals surface area contributed by atoms with Gasteiger partial charge in [0.05, 0.1) is 17.0 Å². The van der Waals surface area contributed by atoms with E-state index in [1.54, 1.807) is 12.1 Å². The fourth-order valence-electron chi connectivity index (χ4n) is 2.84. The van der Waals surface area contributed by atoms with E-state index < -0.39 is 23.7 Å². The van der Waals surface area contributed by atoms with Crippen LogP contribution in [0.2, 0.25) is 5.02 Å². The third-order valence-electron chi connectivity index (χ3n) is 4.18. The van der Waals surface area contributed by atoms with Crippen molar-refractivity contribution in [2.45, 2.75) is 13.5 Å². The van der Waals surface area contributed by atoms with Crippen molar-refractivity contribution in [3.05, 3.63) is 63.0 Å². The zero-order chi connectivity index (χ0) is 21.8. The van der Waals surface area contributed by atoms with E-state index in [0.29, 0.717) is 40.3 Å². The smallest absolute Gasteiger partial charge is 0.323 e. The van der Waals surface area contributed by atoms with Crippen LogP contribution in [0, 0.1) is 6.92 Å². The molecule has 30 heavy (non-hydrogen) atoms. The molecular formula is C21H18ClNO6S. The Kier molecular flexibility index (Phi) is 6.69. The van der Waals surface area contributed by atoms with Crippen molar-refractivity contribution < 1.29 is 29.0 Å². The largest absolute Gasteiger partial charge is 0.493 e. The summed E-state index contributed by atoms with van der Waals surface area (Å²) in [6, 6.07) is 11.1. The van der Waals surface area contributed by atoms with Gasteiger partial charge in [0.25, 0.3) is 11.1 Å². The molecule has 3 rings (SSSR count). The van der Waals surface area contributed by atoms with Crippen LogP contribution in [0.25, 0.3) is 6.08 Å². The van der Waals surface area contributed by atoms with Crippen LogP contribution < -0.4 is 9.47 Å². The molecule has 0 spiro atoms. The van der Waals surface area contributed by atoms with Gasteiger partial charge in [-0.15, -0.1) is 0 Å². The quantitative estimate of drug-likeness (QED) is 0.630. The van der Waals surface area contributed by atoms with E-state index in [1.807, 2.05) is 31.2 Å². The maximum atomic E-state index is 12.3. The average molecular weight is 448 g/mol. The zero-order valence-electron chi connectivity index (χ0n) is 16.2. The molecule has 2 amide bonds. The van der Waals surface area contributed by atoms with Crippen LogP contribution in [0.15, 0.2) is 41.3 Å². The van der Waals surface area contributed by atoms with Gasteiger partial charge in [-0.05, 0) is 48.0 Å². The predicted molar refractivity (Wildman–Crippen MR) is 114 cm³/mol. The van der Waals surface area contributed by atoms with Gasteiger partial charge in [0.15, 0.2) is 11.5 Å². The minimum absolute atomic E-state index is 0.104. The molecule has 0 unspecified atom stereocenters. The van der Waals surface area contributed by atoms with E-state index in [1.165, 1.54) is 13.2 Å². The lowest BCUT2D eigenvalue weighted by Crippen LogP contribution is -2.33. The number of rotatable bonds is 7. The van der Waals surface area contributed by atoms with Crippen LogP contribution in [0.1, 0.15) is 16.7 Å². The van der Waals surface area contributed by atoms with Crippen LogP contribution in [0.5, 0.6) is 11.5 Å². The number of benzene rings is 2. The van der Waals surface area contributed by atoms with Crippen LogP contribution in [-0.2, 0) is 16.2 Å². The molecule has 1 aliphatic rings. The first kappa shape index (κ1) is 21.7. The van der Waals surface area contributed by atoms with Crippen molar-refractivity contribution in [2.24, 2.45) is 0 Å². The van der Waals surface area contributed by atoms with E-state index in [9.17, 15) is 14.4 Å². The van der Waals surface area contributed by atoms with E-state index in [0.717, 1.165) is 11.1 Å². The molecule has 1 fully saturated rings. The van der Waals surface area contributed by atoms with Gasteiger partial charge in [0, 0.05) is 0 Å². The molecular weight excluding hydrogens is 430 g/mol. The summed E-state index contributed by atoms with van der Waals surface area (Å²) in [4.78, 5) is 35.8. The Morgan fingerprint density at radius 3 is 2.70 bits per heavy atom. The molecule has 2 aromatic carbocycles. The average Bonchev–Trinajstić information content (AvgIpc) is 2.94. The summed E-state index contributed by atoms with van der Waals surface area (Å²) in [5.41, 5.74) is 2.60. The molecule has 1 saturated heterocycles. The highest BCUT2D eigenvalue weighted by Gasteiger charge is 2.36. The zero-order valence-corrected chi connectivity index (χ0v) is 17.7. The Bertz CT molecular complexity index is 1050. The maximum absolute atomic E-state index is 12.3. The van der Waals surface area contributed by atoms with Gasteiger partial charge in [0.2, 0.25) is 0 Å². The molecule has 0 aromatic heterocycles. The molecule has 1 aliphatic heterocycles. The highest BCUT2D eigenvalue weighted by molar-refractivity contribution is 8.18. The normalized spacial score (nSPS) is 15.0. The second-order valence-corrected chi connectivity index (χ2v) is 7.87. The molecule has 0 aliphatic carbocycles. The fourth-order valence-corrected chi connectivity index (χ4v) is 3.96. The molecule has 0 bridgehead atoms. The number of aliphatic carboxylic acids is 1. The highest BCUT2D eigenvalue weighted by atomic mass is 35.5. The number of methoxy groups -OCH3 is 1. The number of carbonyl (C=O) groups is 3. The van der Waals surface area contributed by atoms with Crippen molar-refractivity contribution >= 4 is 46.6 Å². The van der Waals surface area contributed by atoms with Gasteiger partial charge in [-0.25, -0.2) is 0 Å². The summed E-state index contributed by atoms with van der Waals surface area (Å²) in [7, 11) is 1.47. The molecule has 0 saturated carbocycles. The van der Waals surface area contributed by atoms with Crippen molar-refractivity contribution in [2.75, 3.05) is 13.7 Å². The molecule has 1 N–H and O–H groups in total.